The second-order valence-corrected chi connectivity index (χ2v) is 9.99. The van der Waals surface area contributed by atoms with Crippen LogP contribution in [0.3, 0.4) is 0 Å². The van der Waals surface area contributed by atoms with Gasteiger partial charge in [-0.25, -0.2) is 4.79 Å². The van der Waals surface area contributed by atoms with Crippen LogP contribution in [0.1, 0.15) is 45.7 Å². The molecule has 8 nitrogen and oxygen atoms in total. The number of hydrogen-bond donors (Lipinski definition) is 1. The van der Waals surface area contributed by atoms with E-state index < -0.39 is 11.8 Å². The van der Waals surface area contributed by atoms with Crippen LogP contribution in [0.2, 0.25) is 0 Å². The Hall–Kier alpha value is -2.71. The molecule has 2 aliphatic heterocycles. The number of nitrogens with zero attached hydrogens (tertiary/aromatic N) is 3. The van der Waals surface area contributed by atoms with Crippen molar-refractivity contribution in [2.24, 2.45) is 0 Å². The van der Waals surface area contributed by atoms with Gasteiger partial charge in [-0.05, 0) is 63.5 Å². The van der Waals surface area contributed by atoms with Crippen LogP contribution in [-0.2, 0) is 11.3 Å². The maximum absolute atomic E-state index is 12.4. The standard InChI is InChI=1S/C26H39N3O5/c1-17-18(2)24(30)27(6)15-20(17)19-13-22(32-7)21(23(14-19)33-8)16-28-9-11-29(12-10-28)25(31)34-26(3,4)5/h13-15,24,30H,9-12,16H2,1-8H3. The summed E-state index contributed by atoms with van der Waals surface area (Å²) in [6.45, 7) is 13.0. The number of likely N-dealkylation sites (N-methyl/N-ethyl adjacent to an activating group) is 1. The van der Waals surface area contributed by atoms with E-state index in [4.69, 9.17) is 14.2 Å². The van der Waals surface area contributed by atoms with E-state index in [-0.39, 0.29) is 6.09 Å². The van der Waals surface area contributed by atoms with Crippen molar-refractivity contribution in [2.45, 2.75) is 53.0 Å². The number of allylic oxidation sites excluding steroid dienone is 2. The summed E-state index contributed by atoms with van der Waals surface area (Å²) in [5.74, 6) is 1.51. The fraction of sp³-hybridized carbons (Fsp3) is 0.577. The Labute approximate surface area is 203 Å². The third kappa shape index (κ3) is 5.67. The molecule has 2 aliphatic rings. The summed E-state index contributed by atoms with van der Waals surface area (Å²) in [6.07, 6.45) is 1.07. The van der Waals surface area contributed by atoms with E-state index in [1.54, 1.807) is 24.0 Å². The summed E-state index contributed by atoms with van der Waals surface area (Å²) in [5.41, 5.74) is 4.44. The number of amides is 1. The highest BCUT2D eigenvalue weighted by Crippen LogP contribution is 2.39. The topological polar surface area (TPSA) is 74.7 Å². The van der Waals surface area contributed by atoms with E-state index in [9.17, 15) is 9.90 Å². The van der Waals surface area contributed by atoms with Crippen LogP contribution in [0.5, 0.6) is 11.5 Å². The van der Waals surface area contributed by atoms with E-state index in [0.29, 0.717) is 19.6 Å². The molecule has 1 fully saturated rings. The molecule has 1 N–H and O–H groups in total. The summed E-state index contributed by atoms with van der Waals surface area (Å²) in [5, 5.41) is 10.4. The lowest BCUT2D eigenvalue weighted by Crippen LogP contribution is -2.49. The first kappa shape index (κ1) is 25.9. The number of carbonyl (C=O) groups is 1. The lowest BCUT2D eigenvalue weighted by molar-refractivity contribution is 0.0138. The zero-order valence-electron chi connectivity index (χ0n) is 21.8. The van der Waals surface area contributed by atoms with E-state index in [1.807, 2.05) is 60.0 Å². The van der Waals surface area contributed by atoms with Gasteiger partial charge in [-0.3, -0.25) is 4.90 Å². The van der Waals surface area contributed by atoms with Gasteiger partial charge >= 0.3 is 6.09 Å². The number of aliphatic hydroxyl groups excluding tert-OH is 1. The summed E-state index contributed by atoms with van der Waals surface area (Å²) in [6, 6.07) is 4.06. The lowest BCUT2D eigenvalue weighted by atomic mass is 9.91. The second kappa shape index (κ2) is 10.3. The molecule has 188 valence electrons. The van der Waals surface area contributed by atoms with Crippen LogP contribution in [-0.4, -0.2) is 85.2 Å². The molecule has 34 heavy (non-hydrogen) atoms. The zero-order chi connectivity index (χ0) is 25.2. The summed E-state index contributed by atoms with van der Waals surface area (Å²) >= 11 is 0. The maximum Gasteiger partial charge on any atom is 0.410 e. The summed E-state index contributed by atoms with van der Waals surface area (Å²) in [4.78, 5) is 18.2. The molecule has 0 spiro atoms. The highest BCUT2D eigenvalue weighted by atomic mass is 16.6. The molecule has 1 atom stereocenters. The van der Waals surface area contributed by atoms with Gasteiger partial charge in [-0.1, -0.05) is 0 Å². The minimum absolute atomic E-state index is 0.263. The predicted molar refractivity (Wildman–Crippen MR) is 133 cm³/mol. The van der Waals surface area contributed by atoms with E-state index in [2.05, 4.69) is 4.90 Å². The molecule has 3 rings (SSSR count). The van der Waals surface area contributed by atoms with Gasteiger partial charge in [0.2, 0.25) is 0 Å². The summed E-state index contributed by atoms with van der Waals surface area (Å²) < 4.78 is 17.1. The van der Waals surface area contributed by atoms with Crippen LogP contribution in [0.25, 0.3) is 5.57 Å². The Balaban J connectivity index is 1.79. The number of carbonyl (C=O) groups excluding carboxylic acids is 1. The van der Waals surface area contributed by atoms with Crippen LogP contribution >= 0.6 is 0 Å². The van der Waals surface area contributed by atoms with Gasteiger partial charge in [-0.2, -0.15) is 0 Å². The lowest BCUT2D eigenvalue weighted by Gasteiger charge is -2.36. The Morgan fingerprint density at radius 1 is 1.06 bits per heavy atom. The van der Waals surface area contributed by atoms with Crippen molar-refractivity contribution in [2.75, 3.05) is 47.4 Å². The molecule has 0 aromatic heterocycles. The van der Waals surface area contributed by atoms with Gasteiger partial charge in [-0.15, -0.1) is 0 Å². The van der Waals surface area contributed by atoms with E-state index >= 15 is 0 Å². The molecule has 1 aromatic carbocycles. The SMILES string of the molecule is COc1cc(C2=CN(C)C(O)C(C)=C2C)cc(OC)c1CN1CCN(C(=O)OC(C)(C)C)CC1. The minimum atomic E-state index is -0.619. The Morgan fingerprint density at radius 3 is 2.12 bits per heavy atom. The molecule has 0 saturated carbocycles. The van der Waals surface area contributed by atoms with Crippen molar-refractivity contribution < 1.29 is 24.1 Å². The maximum atomic E-state index is 12.4. The van der Waals surface area contributed by atoms with Gasteiger partial charge in [0, 0.05) is 51.5 Å². The van der Waals surface area contributed by atoms with E-state index in [1.165, 1.54) is 0 Å². The van der Waals surface area contributed by atoms with Gasteiger partial charge in [0.05, 0.1) is 19.8 Å². The number of ether oxygens (including phenoxy) is 3. The molecule has 1 saturated heterocycles. The average molecular weight is 474 g/mol. The Bertz CT molecular complexity index is 946. The highest BCUT2D eigenvalue weighted by molar-refractivity contribution is 5.82. The normalized spacial score (nSPS) is 19.8. The molecule has 2 heterocycles. The van der Waals surface area contributed by atoms with Crippen molar-refractivity contribution in [1.29, 1.82) is 0 Å². The Kier molecular flexibility index (Phi) is 7.83. The first-order chi connectivity index (χ1) is 15.9. The van der Waals surface area contributed by atoms with Crippen LogP contribution in [0.4, 0.5) is 4.79 Å². The number of rotatable bonds is 5. The Morgan fingerprint density at radius 2 is 1.62 bits per heavy atom. The molecule has 1 aromatic rings. The molecule has 0 aliphatic carbocycles. The van der Waals surface area contributed by atoms with Crippen LogP contribution < -0.4 is 9.47 Å². The number of aliphatic hydroxyl groups is 1. The van der Waals surface area contributed by atoms with Gasteiger partial charge in [0.15, 0.2) is 0 Å². The third-order valence-electron chi connectivity index (χ3n) is 6.43. The monoisotopic (exact) mass is 473 g/mol. The molecule has 8 heteroatoms. The van der Waals surface area contributed by atoms with E-state index in [0.717, 1.165) is 52.4 Å². The van der Waals surface area contributed by atoms with Crippen molar-refractivity contribution in [1.82, 2.24) is 14.7 Å². The first-order valence-corrected chi connectivity index (χ1v) is 11.7. The first-order valence-electron chi connectivity index (χ1n) is 11.7. The number of methoxy groups -OCH3 is 2. The van der Waals surface area contributed by atoms with Crippen molar-refractivity contribution in [3.8, 4) is 11.5 Å². The van der Waals surface area contributed by atoms with Crippen molar-refractivity contribution in [3.05, 3.63) is 40.6 Å². The molecule has 0 bridgehead atoms. The predicted octanol–water partition coefficient (Wildman–Crippen LogP) is 3.70. The van der Waals surface area contributed by atoms with Crippen molar-refractivity contribution >= 4 is 11.7 Å². The van der Waals surface area contributed by atoms with Gasteiger partial charge < -0.3 is 29.1 Å². The molecular formula is C26H39N3O5. The zero-order valence-corrected chi connectivity index (χ0v) is 21.8. The largest absolute Gasteiger partial charge is 0.496 e. The molecule has 1 unspecified atom stereocenters. The van der Waals surface area contributed by atoms with Crippen LogP contribution in [0, 0.1) is 0 Å². The quantitative estimate of drug-likeness (QED) is 0.699. The molecule has 1 amide bonds. The average Bonchev–Trinajstić information content (AvgIpc) is 2.79. The molecule has 0 radical (unpaired) electrons. The van der Waals surface area contributed by atoms with Gasteiger partial charge in [0.25, 0.3) is 0 Å². The van der Waals surface area contributed by atoms with Crippen molar-refractivity contribution in [3.63, 3.8) is 0 Å². The summed E-state index contributed by atoms with van der Waals surface area (Å²) in [7, 11) is 5.20. The fourth-order valence-corrected chi connectivity index (χ4v) is 4.31. The number of piperazine rings is 1. The second-order valence-electron chi connectivity index (χ2n) is 9.99. The third-order valence-corrected chi connectivity index (χ3v) is 6.43. The van der Waals surface area contributed by atoms with Crippen LogP contribution in [0.15, 0.2) is 29.5 Å². The minimum Gasteiger partial charge on any atom is -0.496 e. The number of benzene rings is 1. The molecular weight excluding hydrogens is 434 g/mol. The highest BCUT2D eigenvalue weighted by Gasteiger charge is 2.28. The smallest absolute Gasteiger partial charge is 0.410 e. The fourth-order valence-electron chi connectivity index (χ4n) is 4.31. The number of hydrogen-bond acceptors (Lipinski definition) is 7. The van der Waals surface area contributed by atoms with Gasteiger partial charge in [0.1, 0.15) is 23.3 Å².